The summed E-state index contributed by atoms with van der Waals surface area (Å²) in [6.45, 7) is 0. The summed E-state index contributed by atoms with van der Waals surface area (Å²) >= 11 is 0. The van der Waals surface area contributed by atoms with E-state index in [0.29, 0.717) is 11.8 Å². The van der Waals surface area contributed by atoms with Gasteiger partial charge in [-0.25, -0.2) is 0 Å². The van der Waals surface area contributed by atoms with Crippen LogP contribution in [0.4, 0.5) is 0 Å². The number of nitrogens with one attached hydrogen (secondary N) is 2. The molecule has 0 spiro atoms. The Balaban J connectivity index is 0.938. The molecule has 3 nitrogen and oxygen atoms in total. The predicted molar refractivity (Wildman–Crippen MR) is 238 cm³/mol. The molecule has 5 aromatic carbocycles. The summed E-state index contributed by atoms with van der Waals surface area (Å²) in [5, 5.41) is 15.7. The van der Waals surface area contributed by atoms with Crippen LogP contribution in [0, 0.1) is 11.8 Å². The molecule has 0 amide bonds. The van der Waals surface area contributed by atoms with Crippen molar-refractivity contribution in [3.8, 4) is 0 Å². The van der Waals surface area contributed by atoms with Crippen molar-refractivity contribution in [1.82, 2.24) is 10.6 Å². The molecule has 3 atom stereocenters. The lowest BCUT2D eigenvalue weighted by Crippen LogP contribution is -2.39. The number of rotatable bonds is 6. The summed E-state index contributed by atoms with van der Waals surface area (Å²) in [4.78, 5) is 5.37. The molecule has 5 aromatic rings. The quantitative estimate of drug-likeness (QED) is 0.170. The molecule has 0 fully saturated rings. The Morgan fingerprint density at radius 2 is 1.46 bits per heavy atom. The average Bonchev–Trinajstić information content (AvgIpc) is 3.29. The lowest BCUT2D eigenvalue weighted by molar-refractivity contribution is 0.542. The Morgan fingerprint density at radius 1 is 0.649 bits per heavy atom. The number of hydrogen-bond acceptors (Lipinski definition) is 3. The number of aliphatic imine (C=N–C) groups is 1. The van der Waals surface area contributed by atoms with Gasteiger partial charge in [0.25, 0.3) is 0 Å². The van der Waals surface area contributed by atoms with E-state index in [2.05, 4.69) is 168 Å². The molecule has 57 heavy (non-hydrogen) atoms. The van der Waals surface area contributed by atoms with Crippen LogP contribution in [0.5, 0.6) is 0 Å². The second-order valence-electron chi connectivity index (χ2n) is 16.4. The third kappa shape index (κ3) is 6.17. The number of fused-ring (bicyclic) bond motifs is 6. The van der Waals surface area contributed by atoms with Crippen molar-refractivity contribution in [2.24, 2.45) is 16.8 Å². The van der Waals surface area contributed by atoms with Crippen molar-refractivity contribution >= 4 is 44.7 Å². The van der Waals surface area contributed by atoms with Gasteiger partial charge in [-0.15, -0.1) is 0 Å². The number of allylic oxidation sites excluding steroid dienone is 10. The van der Waals surface area contributed by atoms with E-state index in [1.807, 2.05) is 0 Å². The van der Waals surface area contributed by atoms with Gasteiger partial charge >= 0.3 is 0 Å². The monoisotopic (exact) mass is 737 g/mol. The highest BCUT2D eigenvalue weighted by Crippen LogP contribution is 2.47. The van der Waals surface area contributed by atoms with Crippen LogP contribution in [0.25, 0.3) is 38.9 Å². The van der Waals surface area contributed by atoms with Crippen LogP contribution in [-0.4, -0.2) is 5.84 Å². The molecule has 0 bridgehead atoms. The van der Waals surface area contributed by atoms with Crippen molar-refractivity contribution in [2.45, 2.75) is 57.4 Å². The van der Waals surface area contributed by atoms with E-state index in [1.165, 1.54) is 91.3 Å². The van der Waals surface area contributed by atoms with E-state index in [4.69, 9.17) is 4.99 Å². The van der Waals surface area contributed by atoms with Crippen molar-refractivity contribution in [3.63, 3.8) is 0 Å². The maximum absolute atomic E-state index is 5.37. The van der Waals surface area contributed by atoms with Gasteiger partial charge in [0, 0.05) is 34.5 Å². The lowest BCUT2D eigenvalue weighted by atomic mass is 9.65. The van der Waals surface area contributed by atoms with Gasteiger partial charge in [0.15, 0.2) is 0 Å². The van der Waals surface area contributed by atoms with Gasteiger partial charge in [-0.3, -0.25) is 4.99 Å². The lowest BCUT2D eigenvalue weighted by Gasteiger charge is -2.39. The van der Waals surface area contributed by atoms with E-state index < -0.39 is 0 Å². The zero-order valence-corrected chi connectivity index (χ0v) is 32.3. The molecule has 1 aliphatic heterocycles. The predicted octanol–water partition coefficient (Wildman–Crippen LogP) is 11.2. The first-order valence-corrected chi connectivity index (χ1v) is 21.1. The van der Waals surface area contributed by atoms with Crippen molar-refractivity contribution in [1.29, 1.82) is 0 Å². The normalized spacial score (nSPS) is 22.7. The van der Waals surface area contributed by atoms with Crippen molar-refractivity contribution in [2.75, 3.05) is 0 Å². The molecule has 0 saturated carbocycles. The average molecular weight is 738 g/mol. The second-order valence-corrected chi connectivity index (χ2v) is 16.4. The van der Waals surface area contributed by atoms with Gasteiger partial charge < -0.3 is 10.6 Å². The van der Waals surface area contributed by atoms with E-state index >= 15 is 0 Å². The molecule has 5 aliphatic carbocycles. The summed E-state index contributed by atoms with van der Waals surface area (Å²) in [5.41, 5.74) is 13.7. The van der Waals surface area contributed by atoms with E-state index in [-0.39, 0.29) is 6.04 Å². The molecule has 2 N–H and O–H groups in total. The highest BCUT2D eigenvalue weighted by atomic mass is 15.0. The van der Waals surface area contributed by atoms with Crippen LogP contribution in [0.2, 0.25) is 0 Å². The van der Waals surface area contributed by atoms with Gasteiger partial charge in [-0.05, 0) is 135 Å². The summed E-state index contributed by atoms with van der Waals surface area (Å²) in [6.07, 6.45) is 28.2. The van der Waals surface area contributed by atoms with E-state index in [0.717, 1.165) is 37.2 Å². The van der Waals surface area contributed by atoms with Crippen LogP contribution in [0.15, 0.2) is 190 Å². The minimum Gasteiger partial charge on any atom is -0.359 e. The standard InChI is InChI=1S/C54H47N3/c1-2-15-36(16-3-1)51-34-52(48-32-38-17-5-7-19-41(38)44-22-10-11-23-45(44)48)57-54(56-51)37-26-29-40(30-27-37)55-50-25-13-12-24-46(50)49-33-39-18-6-8-20-42(39)47-31-28-35-14-4-9-21-43(35)53(47)49/h1-3,5-8,10-11,13,15-20,22-23,25-26,28-29,31-34,49,51,53,55H,4,9,12,14,21,24,27,30H2,(H,56,57). The number of nitrogens with zero attached hydrogens (tertiary/aromatic N) is 1. The fraction of sp³-hybridized carbons (Fsp3) is 0.204. The van der Waals surface area contributed by atoms with Gasteiger partial charge in [0.1, 0.15) is 5.84 Å². The smallest absolute Gasteiger partial charge is 0.129 e. The zero-order chi connectivity index (χ0) is 37.7. The third-order valence-corrected chi connectivity index (χ3v) is 13.1. The molecule has 1 heterocycles. The van der Waals surface area contributed by atoms with Crippen molar-refractivity contribution < 1.29 is 0 Å². The minimum atomic E-state index is -0.0832. The first-order chi connectivity index (χ1) is 28.2. The van der Waals surface area contributed by atoms with Crippen LogP contribution < -0.4 is 21.1 Å². The molecule has 0 aromatic heterocycles. The Morgan fingerprint density at radius 3 is 2.35 bits per heavy atom. The highest BCUT2D eigenvalue weighted by molar-refractivity contribution is 6.14. The molecule has 0 radical (unpaired) electrons. The van der Waals surface area contributed by atoms with Crippen LogP contribution in [0.3, 0.4) is 0 Å². The molecule has 3 unspecified atom stereocenters. The van der Waals surface area contributed by atoms with Crippen LogP contribution in [-0.2, 0) is 0 Å². The van der Waals surface area contributed by atoms with Gasteiger partial charge in [-0.2, -0.15) is 0 Å². The fourth-order valence-electron chi connectivity index (χ4n) is 10.4. The van der Waals surface area contributed by atoms with Gasteiger partial charge in [0.2, 0.25) is 0 Å². The fourth-order valence-corrected chi connectivity index (χ4v) is 10.4. The Hall–Kier alpha value is -6.19. The molecule has 0 saturated heterocycles. The topological polar surface area (TPSA) is 36.4 Å². The molecule has 11 rings (SSSR count). The van der Waals surface area contributed by atoms with Gasteiger partial charge in [-0.1, -0.05) is 139 Å². The van der Waals surface area contributed by atoms with Crippen molar-refractivity contribution in [3.05, 3.63) is 207 Å². The summed E-state index contributed by atoms with van der Waals surface area (Å²) in [5.74, 6) is 1.75. The highest BCUT2D eigenvalue weighted by Gasteiger charge is 2.36. The van der Waals surface area contributed by atoms with E-state index in [1.54, 1.807) is 16.7 Å². The van der Waals surface area contributed by atoms with Gasteiger partial charge in [0.05, 0.1) is 6.04 Å². The van der Waals surface area contributed by atoms with E-state index in [9.17, 15) is 0 Å². The SMILES string of the molecule is C1=CC(NC2=CC=C(C3=NC(c4ccccc4)C=C(c4cc5ccccc5c5ccccc45)N3)CC2)=C(C2C=c3ccccc3=C3C=CC4=C(CCCC4)C32)CC1. The van der Waals surface area contributed by atoms with Crippen LogP contribution in [0.1, 0.15) is 68.5 Å². The number of benzene rings is 5. The first kappa shape index (κ1) is 34.1. The number of hydrogen-bond donors (Lipinski definition) is 2. The number of amidine groups is 1. The largest absolute Gasteiger partial charge is 0.359 e. The maximum Gasteiger partial charge on any atom is 0.129 e. The molecule has 3 heteroatoms. The molecule has 6 aliphatic rings. The summed E-state index contributed by atoms with van der Waals surface area (Å²) in [7, 11) is 0. The minimum absolute atomic E-state index is 0.0832. The summed E-state index contributed by atoms with van der Waals surface area (Å²) in [6, 6.07) is 39.6. The Kier molecular flexibility index (Phi) is 8.61. The Labute approximate surface area is 335 Å². The maximum atomic E-state index is 5.37. The first-order valence-electron chi connectivity index (χ1n) is 21.1. The summed E-state index contributed by atoms with van der Waals surface area (Å²) < 4.78 is 0. The zero-order valence-electron chi connectivity index (χ0n) is 32.3. The Bertz CT molecular complexity index is 2850. The van der Waals surface area contributed by atoms with Crippen LogP contribution >= 0.6 is 0 Å². The molecular weight excluding hydrogens is 691 g/mol. The third-order valence-electron chi connectivity index (χ3n) is 13.1. The second kappa shape index (κ2) is 14.4. The molecular formula is C54H47N3. The molecule has 278 valence electrons.